The number of likely N-dealkylation sites (N-methyl/N-ethyl adjacent to an activating group) is 1. The highest BCUT2D eigenvalue weighted by molar-refractivity contribution is 5.85. The number of hydrogen-bond donors (Lipinski definition) is 0. The molecule has 4 heteroatoms. The van der Waals surface area contributed by atoms with Crippen molar-refractivity contribution in [1.29, 1.82) is 0 Å². The summed E-state index contributed by atoms with van der Waals surface area (Å²) < 4.78 is 0. The summed E-state index contributed by atoms with van der Waals surface area (Å²) in [5.74, 6) is 1.59. The van der Waals surface area contributed by atoms with Crippen LogP contribution in [-0.4, -0.2) is 48.4 Å². The van der Waals surface area contributed by atoms with E-state index in [9.17, 15) is 4.79 Å². The molecule has 0 aliphatic carbocycles. The number of amides is 1. The van der Waals surface area contributed by atoms with Gasteiger partial charge in [0.1, 0.15) is 0 Å². The Morgan fingerprint density at radius 2 is 1.50 bits per heavy atom. The van der Waals surface area contributed by atoms with Gasteiger partial charge in [-0.3, -0.25) is 9.69 Å². The van der Waals surface area contributed by atoms with Crippen molar-refractivity contribution < 1.29 is 4.79 Å². The molecule has 1 heterocycles. The van der Waals surface area contributed by atoms with Crippen molar-refractivity contribution in [2.45, 2.75) is 59.4 Å². The van der Waals surface area contributed by atoms with E-state index in [1.165, 1.54) is 12.8 Å². The molecule has 1 aliphatic rings. The van der Waals surface area contributed by atoms with Gasteiger partial charge >= 0.3 is 0 Å². The standard InChI is InChI=1S/C16H32N2O.ClH/c1-13(2)10-15(11-14(3)4)17(5)16(19)12-18-8-6-7-9-18;/h13-15H,6-12H2,1-5H3;1H. The molecule has 0 aromatic rings. The van der Waals surface area contributed by atoms with Crippen molar-refractivity contribution in [3.8, 4) is 0 Å². The van der Waals surface area contributed by atoms with E-state index in [4.69, 9.17) is 0 Å². The topological polar surface area (TPSA) is 23.6 Å². The molecule has 0 atom stereocenters. The van der Waals surface area contributed by atoms with Gasteiger partial charge < -0.3 is 4.90 Å². The molecule has 0 radical (unpaired) electrons. The maximum absolute atomic E-state index is 12.4. The zero-order valence-electron chi connectivity index (χ0n) is 13.9. The monoisotopic (exact) mass is 304 g/mol. The Morgan fingerprint density at radius 1 is 1.05 bits per heavy atom. The number of carbonyl (C=O) groups is 1. The van der Waals surface area contributed by atoms with Crippen molar-refractivity contribution in [3.63, 3.8) is 0 Å². The van der Waals surface area contributed by atoms with E-state index < -0.39 is 0 Å². The van der Waals surface area contributed by atoms with Gasteiger partial charge in [0, 0.05) is 13.1 Å². The van der Waals surface area contributed by atoms with E-state index in [1.54, 1.807) is 0 Å². The minimum atomic E-state index is 0. The fraction of sp³-hybridized carbons (Fsp3) is 0.938. The van der Waals surface area contributed by atoms with Gasteiger partial charge in [0.2, 0.25) is 5.91 Å². The molecular formula is C16H33ClN2O. The van der Waals surface area contributed by atoms with Crippen LogP contribution in [0.25, 0.3) is 0 Å². The average molecular weight is 305 g/mol. The molecule has 1 rings (SSSR count). The minimum absolute atomic E-state index is 0. The highest BCUT2D eigenvalue weighted by Gasteiger charge is 2.24. The number of nitrogens with zero attached hydrogens (tertiary/aromatic N) is 2. The normalized spacial score (nSPS) is 16.0. The summed E-state index contributed by atoms with van der Waals surface area (Å²) in [5, 5.41) is 0. The van der Waals surface area contributed by atoms with Gasteiger partial charge in [-0.1, -0.05) is 27.7 Å². The highest BCUT2D eigenvalue weighted by atomic mass is 35.5. The van der Waals surface area contributed by atoms with Gasteiger partial charge in [-0.15, -0.1) is 12.4 Å². The minimum Gasteiger partial charge on any atom is -0.342 e. The Kier molecular flexibility index (Phi) is 9.48. The zero-order valence-corrected chi connectivity index (χ0v) is 14.7. The summed E-state index contributed by atoms with van der Waals surface area (Å²) in [4.78, 5) is 16.7. The molecule has 0 bridgehead atoms. The second kappa shape index (κ2) is 9.62. The van der Waals surface area contributed by atoms with Gasteiger partial charge in [-0.25, -0.2) is 0 Å². The van der Waals surface area contributed by atoms with Gasteiger partial charge in [-0.2, -0.15) is 0 Å². The van der Waals surface area contributed by atoms with Gasteiger partial charge in [0.15, 0.2) is 0 Å². The van der Waals surface area contributed by atoms with Crippen LogP contribution in [0.2, 0.25) is 0 Å². The Balaban J connectivity index is 0.00000361. The van der Waals surface area contributed by atoms with Gasteiger partial charge in [0.25, 0.3) is 0 Å². The second-order valence-electron chi connectivity index (χ2n) is 6.90. The van der Waals surface area contributed by atoms with Crippen LogP contribution in [0.15, 0.2) is 0 Å². The van der Waals surface area contributed by atoms with Crippen LogP contribution in [0.1, 0.15) is 53.4 Å². The predicted octanol–water partition coefficient (Wildman–Crippen LogP) is 3.42. The smallest absolute Gasteiger partial charge is 0.236 e. The van der Waals surface area contributed by atoms with E-state index in [1.807, 2.05) is 11.9 Å². The molecule has 0 aromatic heterocycles. The van der Waals surface area contributed by atoms with Gasteiger partial charge in [-0.05, 0) is 50.6 Å². The third-order valence-corrected chi connectivity index (χ3v) is 3.99. The lowest BCUT2D eigenvalue weighted by molar-refractivity contribution is -0.133. The Bertz CT molecular complexity index is 266. The third-order valence-electron chi connectivity index (χ3n) is 3.99. The summed E-state index contributed by atoms with van der Waals surface area (Å²) in [7, 11) is 1.99. The predicted molar refractivity (Wildman–Crippen MR) is 88.4 cm³/mol. The molecular weight excluding hydrogens is 272 g/mol. The summed E-state index contributed by atoms with van der Waals surface area (Å²) >= 11 is 0. The molecule has 20 heavy (non-hydrogen) atoms. The average Bonchev–Trinajstić information content (AvgIpc) is 2.78. The van der Waals surface area contributed by atoms with E-state index >= 15 is 0 Å². The second-order valence-corrected chi connectivity index (χ2v) is 6.90. The molecule has 1 fully saturated rings. The SMILES string of the molecule is CC(C)CC(CC(C)C)N(C)C(=O)CN1CCCC1.Cl. The number of carbonyl (C=O) groups excluding carboxylic acids is 1. The van der Waals surface area contributed by atoms with Crippen molar-refractivity contribution in [2.75, 3.05) is 26.7 Å². The van der Waals surface area contributed by atoms with Crippen molar-refractivity contribution in [1.82, 2.24) is 9.80 Å². The van der Waals surface area contributed by atoms with Crippen molar-refractivity contribution in [2.24, 2.45) is 11.8 Å². The first-order valence-electron chi connectivity index (χ1n) is 7.88. The number of halogens is 1. The van der Waals surface area contributed by atoms with Crippen molar-refractivity contribution in [3.05, 3.63) is 0 Å². The first kappa shape index (κ1) is 19.7. The van der Waals surface area contributed by atoms with Crippen LogP contribution < -0.4 is 0 Å². The molecule has 1 saturated heterocycles. The van der Waals surface area contributed by atoms with E-state index in [0.717, 1.165) is 25.9 Å². The molecule has 0 spiro atoms. The quantitative estimate of drug-likeness (QED) is 0.719. The molecule has 0 saturated carbocycles. The molecule has 3 nitrogen and oxygen atoms in total. The first-order chi connectivity index (χ1) is 8.90. The molecule has 0 unspecified atom stereocenters. The lowest BCUT2D eigenvalue weighted by Crippen LogP contribution is -2.43. The fourth-order valence-corrected chi connectivity index (χ4v) is 2.95. The number of likely N-dealkylation sites (tertiary alicyclic amines) is 1. The van der Waals surface area contributed by atoms with E-state index in [0.29, 0.717) is 30.3 Å². The van der Waals surface area contributed by atoms with E-state index in [2.05, 4.69) is 32.6 Å². The maximum atomic E-state index is 12.4. The summed E-state index contributed by atoms with van der Waals surface area (Å²) in [6, 6.07) is 0.398. The lowest BCUT2D eigenvalue weighted by atomic mass is 9.94. The number of rotatable bonds is 7. The van der Waals surface area contributed by atoms with Crippen LogP contribution >= 0.6 is 12.4 Å². The van der Waals surface area contributed by atoms with Crippen LogP contribution in [0.4, 0.5) is 0 Å². The van der Waals surface area contributed by atoms with Gasteiger partial charge in [0.05, 0.1) is 6.54 Å². The molecule has 120 valence electrons. The third kappa shape index (κ3) is 6.94. The Hall–Kier alpha value is -0.280. The summed E-state index contributed by atoms with van der Waals surface area (Å²) in [6.07, 6.45) is 4.72. The van der Waals surface area contributed by atoms with Crippen LogP contribution in [0, 0.1) is 11.8 Å². The highest BCUT2D eigenvalue weighted by Crippen LogP contribution is 2.19. The molecule has 0 N–H and O–H groups in total. The lowest BCUT2D eigenvalue weighted by Gasteiger charge is -2.32. The zero-order chi connectivity index (χ0) is 14.4. The molecule has 1 amide bonds. The maximum Gasteiger partial charge on any atom is 0.236 e. The van der Waals surface area contributed by atoms with Crippen LogP contribution in [0.5, 0.6) is 0 Å². The van der Waals surface area contributed by atoms with E-state index in [-0.39, 0.29) is 12.4 Å². The fourth-order valence-electron chi connectivity index (χ4n) is 2.95. The van der Waals surface area contributed by atoms with Crippen molar-refractivity contribution >= 4 is 18.3 Å². The van der Waals surface area contributed by atoms with Crippen LogP contribution in [0.3, 0.4) is 0 Å². The Labute approximate surface area is 131 Å². The number of hydrogen-bond acceptors (Lipinski definition) is 2. The van der Waals surface area contributed by atoms with Crippen LogP contribution in [-0.2, 0) is 4.79 Å². The first-order valence-corrected chi connectivity index (χ1v) is 7.88. The summed E-state index contributed by atoms with van der Waals surface area (Å²) in [6.45, 7) is 11.8. The summed E-state index contributed by atoms with van der Waals surface area (Å²) in [5.41, 5.74) is 0. The Morgan fingerprint density at radius 3 is 1.90 bits per heavy atom. The molecule has 1 aliphatic heterocycles. The largest absolute Gasteiger partial charge is 0.342 e. The molecule has 0 aromatic carbocycles.